The van der Waals surface area contributed by atoms with E-state index in [4.69, 9.17) is 28.4 Å². The van der Waals surface area contributed by atoms with Crippen molar-refractivity contribution in [3.05, 3.63) is 0 Å². The number of hydrogen-bond donors (Lipinski definition) is 0. The lowest BCUT2D eigenvalue weighted by atomic mass is 9.92. The van der Waals surface area contributed by atoms with Gasteiger partial charge in [-0.05, 0) is 13.8 Å². The summed E-state index contributed by atoms with van der Waals surface area (Å²) in [6.45, 7) is 4.11. The molecule has 7 heteroatoms. The molecule has 0 N–H and O–H groups in total. The molecule has 0 aromatic rings. The van der Waals surface area contributed by atoms with E-state index in [1.165, 1.54) is 7.11 Å². The van der Waals surface area contributed by atoms with Crippen molar-refractivity contribution in [3.63, 3.8) is 0 Å². The van der Waals surface area contributed by atoms with Crippen LogP contribution in [0, 0.1) is 0 Å². The number of hydrogen-bond acceptors (Lipinski definition) is 7. The van der Waals surface area contributed by atoms with Crippen molar-refractivity contribution in [1.82, 2.24) is 0 Å². The zero-order chi connectivity index (χ0) is 14.1. The van der Waals surface area contributed by atoms with Crippen LogP contribution >= 0.6 is 0 Å². The van der Waals surface area contributed by atoms with E-state index >= 15 is 0 Å². The Kier molecular flexibility index (Phi) is 2.54. The van der Waals surface area contributed by atoms with Crippen LogP contribution in [0.15, 0.2) is 0 Å². The first-order chi connectivity index (χ1) is 9.44. The van der Waals surface area contributed by atoms with Crippen LogP contribution in [0.25, 0.3) is 0 Å². The van der Waals surface area contributed by atoms with Crippen molar-refractivity contribution in [3.8, 4) is 0 Å². The molecular weight excluding hydrogens is 268 g/mol. The zero-order valence-corrected chi connectivity index (χ0v) is 11.7. The van der Waals surface area contributed by atoms with Gasteiger partial charge >= 0.3 is 5.97 Å². The lowest BCUT2D eigenvalue weighted by Gasteiger charge is -2.41. The van der Waals surface area contributed by atoms with Gasteiger partial charge in [-0.2, -0.15) is 0 Å². The smallest absolute Gasteiger partial charge is 0.311 e. The average Bonchev–Trinajstić information content (AvgIpc) is 2.97. The van der Waals surface area contributed by atoms with Crippen molar-refractivity contribution < 1.29 is 33.2 Å². The summed E-state index contributed by atoms with van der Waals surface area (Å²) in [5, 5.41) is 0. The fourth-order valence-corrected chi connectivity index (χ4v) is 3.61. The maximum Gasteiger partial charge on any atom is 0.311 e. The predicted octanol–water partition coefficient (Wildman–Crippen LogP) is -0.0377. The van der Waals surface area contributed by atoms with Crippen LogP contribution in [-0.2, 0) is 33.2 Å². The first kappa shape index (κ1) is 13.0. The summed E-state index contributed by atoms with van der Waals surface area (Å²) in [4.78, 5) is 11.7. The van der Waals surface area contributed by atoms with Gasteiger partial charge < -0.3 is 28.4 Å². The number of rotatable bonds is 2. The Labute approximate surface area is 116 Å². The van der Waals surface area contributed by atoms with Crippen molar-refractivity contribution >= 4 is 5.97 Å². The zero-order valence-electron chi connectivity index (χ0n) is 11.7. The standard InChI is InChI=1S/C13H18O7/c1-12(2)18-10-9-8-6(5-16-9)17-13(19-8,11(10)20-12)4-7(14)15-3/h6,8-11H,4-5H2,1-3H3/t6-,8-,9+,10-,11-,13-/m1/s1. The molecule has 4 heterocycles. The molecule has 7 nitrogen and oxygen atoms in total. The second-order valence-electron chi connectivity index (χ2n) is 6.12. The van der Waals surface area contributed by atoms with Gasteiger partial charge in [-0.1, -0.05) is 0 Å². The third kappa shape index (κ3) is 1.61. The highest BCUT2D eigenvalue weighted by Crippen LogP contribution is 2.52. The third-order valence-corrected chi connectivity index (χ3v) is 4.33. The number of methoxy groups -OCH3 is 1. The van der Waals surface area contributed by atoms with Crippen LogP contribution in [0.4, 0.5) is 0 Å². The molecule has 0 amide bonds. The van der Waals surface area contributed by atoms with Gasteiger partial charge in [-0.3, -0.25) is 4.79 Å². The molecule has 0 aliphatic carbocycles. The van der Waals surface area contributed by atoms with Gasteiger partial charge in [0, 0.05) is 0 Å². The van der Waals surface area contributed by atoms with Crippen LogP contribution < -0.4 is 0 Å². The van der Waals surface area contributed by atoms with E-state index in [9.17, 15) is 4.79 Å². The summed E-state index contributed by atoms with van der Waals surface area (Å²) in [5.41, 5.74) is 0. The van der Waals surface area contributed by atoms with E-state index in [0.717, 1.165) is 0 Å². The molecule has 4 aliphatic heterocycles. The SMILES string of the molecule is COC(=O)C[C@]12O[C@H]3[C@H](OC[C@H]3O1)[C@H]1OC(C)(C)O[C@H]12. The van der Waals surface area contributed by atoms with Crippen LogP contribution in [-0.4, -0.2) is 61.8 Å². The molecule has 0 saturated carbocycles. The van der Waals surface area contributed by atoms with Crippen molar-refractivity contribution in [2.24, 2.45) is 0 Å². The molecule has 112 valence electrons. The van der Waals surface area contributed by atoms with Gasteiger partial charge in [-0.25, -0.2) is 0 Å². The molecule has 20 heavy (non-hydrogen) atoms. The Balaban J connectivity index is 1.70. The van der Waals surface area contributed by atoms with E-state index < -0.39 is 23.6 Å². The Morgan fingerprint density at radius 2 is 1.95 bits per heavy atom. The molecule has 6 atom stereocenters. The highest BCUT2D eigenvalue weighted by atomic mass is 16.8. The molecule has 4 aliphatic rings. The molecule has 2 bridgehead atoms. The van der Waals surface area contributed by atoms with Crippen molar-refractivity contribution in [2.75, 3.05) is 13.7 Å². The number of esters is 1. The molecule has 0 unspecified atom stereocenters. The second kappa shape index (κ2) is 3.92. The van der Waals surface area contributed by atoms with Gasteiger partial charge in [0.1, 0.15) is 36.9 Å². The molecule has 4 rings (SSSR count). The summed E-state index contributed by atoms with van der Waals surface area (Å²) in [7, 11) is 1.34. The number of fused-ring (bicyclic) bond motifs is 4. The van der Waals surface area contributed by atoms with E-state index in [1.807, 2.05) is 13.8 Å². The van der Waals surface area contributed by atoms with Gasteiger partial charge in [0.2, 0.25) is 5.79 Å². The van der Waals surface area contributed by atoms with Crippen molar-refractivity contribution in [1.29, 1.82) is 0 Å². The third-order valence-electron chi connectivity index (χ3n) is 4.33. The maximum atomic E-state index is 11.7. The normalized spacial score (nSPS) is 51.0. The largest absolute Gasteiger partial charge is 0.469 e. The molecule has 4 saturated heterocycles. The summed E-state index contributed by atoms with van der Waals surface area (Å²) in [5.74, 6) is -2.27. The van der Waals surface area contributed by atoms with Gasteiger partial charge in [0.05, 0.1) is 13.7 Å². The number of carbonyl (C=O) groups excluding carboxylic acids is 1. The summed E-state index contributed by atoms with van der Waals surface area (Å²) < 4.78 is 34.3. The molecule has 0 aromatic heterocycles. The molecular formula is C13H18O7. The van der Waals surface area contributed by atoms with Crippen LogP contribution in [0.5, 0.6) is 0 Å². The fourth-order valence-electron chi connectivity index (χ4n) is 3.61. The monoisotopic (exact) mass is 286 g/mol. The Morgan fingerprint density at radius 3 is 2.70 bits per heavy atom. The molecule has 0 radical (unpaired) electrons. The highest BCUT2D eigenvalue weighted by Gasteiger charge is 2.71. The predicted molar refractivity (Wildman–Crippen MR) is 62.7 cm³/mol. The molecule has 0 aromatic carbocycles. The van der Waals surface area contributed by atoms with Crippen LogP contribution in [0.2, 0.25) is 0 Å². The summed E-state index contributed by atoms with van der Waals surface area (Å²) in [6.07, 6.45) is -1.39. The first-order valence-electron chi connectivity index (χ1n) is 6.84. The topological polar surface area (TPSA) is 72.5 Å². The second-order valence-corrected chi connectivity index (χ2v) is 6.12. The van der Waals surface area contributed by atoms with Gasteiger partial charge in [0.15, 0.2) is 5.79 Å². The number of carbonyl (C=O) groups is 1. The van der Waals surface area contributed by atoms with E-state index in [0.29, 0.717) is 6.61 Å². The fraction of sp³-hybridized carbons (Fsp3) is 0.923. The minimum Gasteiger partial charge on any atom is -0.469 e. The minimum atomic E-state index is -1.12. The Hall–Kier alpha value is -0.730. The lowest BCUT2D eigenvalue weighted by Crippen LogP contribution is -2.59. The maximum absolute atomic E-state index is 11.7. The Morgan fingerprint density at radius 1 is 1.15 bits per heavy atom. The minimum absolute atomic E-state index is 0.0101. The first-order valence-corrected chi connectivity index (χ1v) is 6.84. The quantitative estimate of drug-likeness (QED) is 0.660. The molecule has 0 spiro atoms. The highest BCUT2D eigenvalue weighted by molar-refractivity contribution is 5.70. The van der Waals surface area contributed by atoms with Gasteiger partial charge in [0.25, 0.3) is 0 Å². The number of ether oxygens (including phenoxy) is 6. The van der Waals surface area contributed by atoms with E-state index in [2.05, 4.69) is 0 Å². The average molecular weight is 286 g/mol. The Bertz CT molecular complexity index is 446. The van der Waals surface area contributed by atoms with Gasteiger partial charge in [-0.15, -0.1) is 0 Å². The van der Waals surface area contributed by atoms with Crippen molar-refractivity contribution in [2.45, 2.75) is 62.4 Å². The van der Waals surface area contributed by atoms with E-state index in [1.54, 1.807) is 0 Å². The lowest BCUT2D eigenvalue weighted by molar-refractivity contribution is -0.291. The summed E-state index contributed by atoms with van der Waals surface area (Å²) >= 11 is 0. The molecule has 4 fully saturated rings. The van der Waals surface area contributed by atoms with Crippen LogP contribution in [0.1, 0.15) is 20.3 Å². The van der Waals surface area contributed by atoms with Crippen LogP contribution in [0.3, 0.4) is 0 Å². The summed E-state index contributed by atoms with van der Waals surface area (Å²) in [6, 6.07) is 0. The van der Waals surface area contributed by atoms with E-state index in [-0.39, 0.29) is 30.8 Å².